The van der Waals surface area contributed by atoms with Crippen LogP contribution in [0.1, 0.15) is 53.9 Å². The van der Waals surface area contributed by atoms with Gasteiger partial charge < -0.3 is 0 Å². The van der Waals surface area contributed by atoms with Gasteiger partial charge in [0.25, 0.3) is 0 Å². The lowest BCUT2D eigenvalue weighted by atomic mass is 9.62. The smallest absolute Gasteiger partial charge is 0.0290 e. The van der Waals surface area contributed by atoms with E-state index in [0.717, 1.165) is 29.6 Å². The average molecular weight is 194 g/mol. The van der Waals surface area contributed by atoms with Crippen molar-refractivity contribution in [3.05, 3.63) is 0 Å². The van der Waals surface area contributed by atoms with Crippen LogP contribution in [0.3, 0.4) is 0 Å². The SMILES string of the molecule is CC(C)C1CC(C)C2CC1(C)CC2C. The standard InChI is InChI=1S/C14H26/c1-9(2)13-6-10(3)12-8-14(13,5)7-11(12)4/h9-13H,6-8H2,1-5H3. The van der Waals surface area contributed by atoms with Gasteiger partial charge in [-0.3, -0.25) is 0 Å². The molecule has 2 bridgehead atoms. The Morgan fingerprint density at radius 2 is 1.71 bits per heavy atom. The van der Waals surface area contributed by atoms with Gasteiger partial charge in [-0.15, -0.1) is 0 Å². The van der Waals surface area contributed by atoms with Crippen molar-refractivity contribution in [2.45, 2.75) is 53.9 Å². The molecule has 2 saturated carbocycles. The van der Waals surface area contributed by atoms with Crippen LogP contribution in [-0.2, 0) is 0 Å². The maximum atomic E-state index is 2.56. The predicted molar refractivity (Wildman–Crippen MR) is 62.1 cm³/mol. The molecule has 0 aromatic rings. The summed E-state index contributed by atoms with van der Waals surface area (Å²) in [6, 6.07) is 0. The van der Waals surface area contributed by atoms with Crippen molar-refractivity contribution in [2.24, 2.45) is 35.0 Å². The van der Waals surface area contributed by atoms with E-state index in [1.54, 1.807) is 0 Å². The third kappa shape index (κ3) is 1.42. The summed E-state index contributed by atoms with van der Waals surface area (Å²) in [6.45, 7) is 12.4. The molecule has 0 amide bonds. The molecule has 0 N–H and O–H groups in total. The fraction of sp³-hybridized carbons (Fsp3) is 1.00. The highest BCUT2D eigenvalue weighted by atomic mass is 14.6. The van der Waals surface area contributed by atoms with Gasteiger partial charge in [-0.2, -0.15) is 0 Å². The van der Waals surface area contributed by atoms with Crippen LogP contribution in [0.25, 0.3) is 0 Å². The molecule has 2 rings (SSSR count). The van der Waals surface area contributed by atoms with Gasteiger partial charge in [0.15, 0.2) is 0 Å². The van der Waals surface area contributed by atoms with Crippen LogP contribution >= 0.6 is 0 Å². The molecule has 0 heterocycles. The zero-order chi connectivity index (χ0) is 10.5. The number of fused-ring (bicyclic) bond motifs is 2. The third-order valence-corrected chi connectivity index (χ3v) is 5.28. The summed E-state index contributed by atoms with van der Waals surface area (Å²) >= 11 is 0. The molecular formula is C14H26. The van der Waals surface area contributed by atoms with E-state index in [1.807, 2.05) is 0 Å². The second-order valence-electron chi connectivity index (χ2n) is 6.77. The largest absolute Gasteiger partial charge is 0.0625 e. The maximum absolute atomic E-state index is 2.56. The fourth-order valence-corrected chi connectivity index (χ4v) is 4.71. The molecule has 0 aliphatic heterocycles. The molecule has 0 aromatic carbocycles. The molecule has 82 valence electrons. The summed E-state index contributed by atoms with van der Waals surface area (Å²) in [4.78, 5) is 0. The van der Waals surface area contributed by atoms with E-state index in [1.165, 1.54) is 19.3 Å². The Labute approximate surface area is 89.5 Å². The molecule has 14 heavy (non-hydrogen) atoms. The van der Waals surface area contributed by atoms with Crippen LogP contribution < -0.4 is 0 Å². The zero-order valence-electron chi connectivity index (χ0n) is 10.5. The van der Waals surface area contributed by atoms with Crippen molar-refractivity contribution in [1.29, 1.82) is 0 Å². The Hall–Kier alpha value is 0. The highest BCUT2D eigenvalue weighted by Crippen LogP contribution is 2.60. The van der Waals surface area contributed by atoms with Crippen molar-refractivity contribution in [3.63, 3.8) is 0 Å². The first-order chi connectivity index (χ1) is 6.44. The Morgan fingerprint density at radius 3 is 2.29 bits per heavy atom. The third-order valence-electron chi connectivity index (χ3n) is 5.28. The second kappa shape index (κ2) is 3.25. The first-order valence-corrected chi connectivity index (χ1v) is 6.44. The number of hydrogen-bond donors (Lipinski definition) is 0. The van der Waals surface area contributed by atoms with E-state index < -0.39 is 0 Å². The van der Waals surface area contributed by atoms with E-state index in [-0.39, 0.29) is 0 Å². The Bertz CT molecular complexity index is 218. The summed E-state index contributed by atoms with van der Waals surface area (Å²) in [5.74, 6) is 4.87. The van der Waals surface area contributed by atoms with E-state index in [9.17, 15) is 0 Å². The zero-order valence-corrected chi connectivity index (χ0v) is 10.5. The highest BCUT2D eigenvalue weighted by molar-refractivity contribution is 5.01. The van der Waals surface area contributed by atoms with Crippen molar-refractivity contribution in [1.82, 2.24) is 0 Å². The minimum absolute atomic E-state index is 0.685. The molecular weight excluding hydrogens is 168 g/mol. The average Bonchev–Trinajstić information content (AvgIpc) is 2.33. The van der Waals surface area contributed by atoms with Crippen LogP contribution in [0.15, 0.2) is 0 Å². The van der Waals surface area contributed by atoms with Crippen LogP contribution in [0.2, 0.25) is 0 Å². The van der Waals surface area contributed by atoms with Crippen LogP contribution in [-0.4, -0.2) is 0 Å². The molecule has 0 radical (unpaired) electrons. The molecule has 0 nitrogen and oxygen atoms in total. The molecule has 0 spiro atoms. The minimum atomic E-state index is 0.685. The lowest BCUT2D eigenvalue weighted by molar-refractivity contribution is 0.0614. The molecule has 5 atom stereocenters. The van der Waals surface area contributed by atoms with E-state index in [4.69, 9.17) is 0 Å². The summed E-state index contributed by atoms with van der Waals surface area (Å²) in [5, 5.41) is 0. The molecule has 0 heteroatoms. The molecule has 2 fully saturated rings. The first-order valence-electron chi connectivity index (χ1n) is 6.44. The van der Waals surface area contributed by atoms with Gasteiger partial charge in [-0.25, -0.2) is 0 Å². The Kier molecular flexibility index (Phi) is 2.44. The van der Waals surface area contributed by atoms with Gasteiger partial charge in [0, 0.05) is 0 Å². The van der Waals surface area contributed by atoms with Gasteiger partial charge in [0.05, 0.1) is 0 Å². The molecule has 2 aliphatic rings. The maximum Gasteiger partial charge on any atom is -0.0290 e. The normalized spacial score (nSPS) is 52.7. The second-order valence-corrected chi connectivity index (χ2v) is 6.77. The Morgan fingerprint density at radius 1 is 1.07 bits per heavy atom. The van der Waals surface area contributed by atoms with Gasteiger partial charge in [0.1, 0.15) is 0 Å². The topological polar surface area (TPSA) is 0 Å². The quantitative estimate of drug-likeness (QED) is 0.582. The molecule has 5 unspecified atom stereocenters. The monoisotopic (exact) mass is 194 g/mol. The predicted octanol–water partition coefficient (Wildman–Crippen LogP) is 4.35. The Balaban J connectivity index is 2.23. The molecule has 2 aliphatic carbocycles. The lowest BCUT2D eigenvalue weighted by Crippen LogP contribution is -2.35. The summed E-state index contributed by atoms with van der Waals surface area (Å²) in [6.07, 6.45) is 4.49. The number of hydrogen-bond acceptors (Lipinski definition) is 0. The number of rotatable bonds is 1. The van der Waals surface area contributed by atoms with Crippen molar-refractivity contribution < 1.29 is 0 Å². The summed E-state index contributed by atoms with van der Waals surface area (Å²) in [7, 11) is 0. The summed E-state index contributed by atoms with van der Waals surface area (Å²) in [5.41, 5.74) is 0.685. The van der Waals surface area contributed by atoms with Crippen molar-refractivity contribution in [3.8, 4) is 0 Å². The first kappa shape index (κ1) is 10.5. The molecule has 0 saturated heterocycles. The van der Waals surface area contributed by atoms with Crippen LogP contribution in [0.4, 0.5) is 0 Å². The van der Waals surface area contributed by atoms with Gasteiger partial charge in [-0.05, 0) is 54.3 Å². The van der Waals surface area contributed by atoms with Crippen molar-refractivity contribution in [2.75, 3.05) is 0 Å². The van der Waals surface area contributed by atoms with E-state index >= 15 is 0 Å². The van der Waals surface area contributed by atoms with E-state index in [0.29, 0.717) is 5.41 Å². The van der Waals surface area contributed by atoms with Gasteiger partial charge >= 0.3 is 0 Å². The van der Waals surface area contributed by atoms with E-state index in [2.05, 4.69) is 34.6 Å². The van der Waals surface area contributed by atoms with Gasteiger partial charge in [0.2, 0.25) is 0 Å². The summed E-state index contributed by atoms with van der Waals surface area (Å²) < 4.78 is 0. The van der Waals surface area contributed by atoms with Crippen molar-refractivity contribution >= 4 is 0 Å². The van der Waals surface area contributed by atoms with Crippen LogP contribution in [0.5, 0.6) is 0 Å². The highest BCUT2D eigenvalue weighted by Gasteiger charge is 2.51. The van der Waals surface area contributed by atoms with Gasteiger partial charge in [-0.1, -0.05) is 34.6 Å². The minimum Gasteiger partial charge on any atom is -0.0625 e. The molecule has 0 aromatic heterocycles. The fourth-order valence-electron chi connectivity index (χ4n) is 4.71. The van der Waals surface area contributed by atoms with Crippen LogP contribution in [0, 0.1) is 35.0 Å². The lowest BCUT2D eigenvalue weighted by Gasteiger charge is -2.43.